The molecule has 1 aromatic carbocycles. The normalized spacial score (nSPS) is 19.3. The van der Waals surface area contributed by atoms with Gasteiger partial charge in [-0.05, 0) is 80.9 Å². The minimum atomic E-state index is 0.577. The molecule has 298 valence electrons. The molecule has 0 aliphatic carbocycles. The molecule has 1 N–H and O–H groups in total. The van der Waals surface area contributed by atoms with E-state index in [4.69, 9.17) is 9.84 Å². The second-order valence-corrected chi connectivity index (χ2v) is 14.1. The van der Waals surface area contributed by atoms with Gasteiger partial charge in [0.15, 0.2) is 0 Å². The number of unbranched alkanes of at least 4 members (excludes halogenated alkanes) is 2. The van der Waals surface area contributed by atoms with Crippen molar-refractivity contribution in [2.75, 3.05) is 84.3 Å². The summed E-state index contributed by atoms with van der Waals surface area (Å²) in [5.74, 6) is 2.30. The fraction of sp³-hybridized carbons (Fsp3) is 0.652. The Labute approximate surface area is 328 Å². The number of piperazine rings is 3. The van der Waals surface area contributed by atoms with Crippen molar-refractivity contribution in [3.63, 3.8) is 0 Å². The minimum Gasteiger partial charge on any atom is -0.494 e. The number of hydrogen-bond donors (Lipinski definition) is 1. The van der Waals surface area contributed by atoms with Crippen LogP contribution < -0.4 is 4.90 Å². The number of anilines is 1. The summed E-state index contributed by atoms with van der Waals surface area (Å²) in [6.07, 6.45) is 38.2. The van der Waals surface area contributed by atoms with Crippen LogP contribution in [0.4, 0.5) is 5.69 Å². The highest BCUT2D eigenvalue weighted by Crippen LogP contribution is 2.45. The van der Waals surface area contributed by atoms with E-state index in [9.17, 15) is 0 Å². The van der Waals surface area contributed by atoms with E-state index < -0.39 is 0 Å². The maximum absolute atomic E-state index is 7.00. The highest BCUT2D eigenvalue weighted by atomic mass is 32.2. The number of rotatable bonds is 14. The van der Waals surface area contributed by atoms with E-state index in [2.05, 4.69) is 93.4 Å². The Hall–Kier alpha value is -2.61. The number of quaternary nitrogens is 1. The van der Waals surface area contributed by atoms with Gasteiger partial charge in [-0.3, -0.25) is 4.90 Å². The molecule has 0 saturated carbocycles. The Morgan fingerprint density at radius 2 is 1.46 bits per heavy atom. The van der Waals surface area contributed by atoms with Gasteiger partial charge in [-0.25, -0.2) is 0 Å². The molecule has 3 saturated heterocycles. The first-order valence-electron chi connectivity index (χ1n) is 20.1. The summed E-state index contributed by atoms with van der Waals surface area (Å²) in [6.45, 7) is 26.8. The number of hydrogen-bond acceptors (Lipinski definition) is 5. The third-order valence-corrected chi connectivity index (χ3v) is 11.2. The topological polar surface area (TPSA) is 35.9 Å². The first kappa shape index (κ1) is 53.7. The smallest absolute Gasteiger partial charge is 0.115 e. The van der Waals surface area contributed by atoms with Crippen LogP contribution in [0, 0.1) is 31.1 Å². The van der Waals surface area contributed by atoms with Gasteiger partial charge in [0.1, 0.15) is 5.76 Å². The summed E-state index contributed by atoms with van der Waals surface area (Å²) in [5, 5.41) is 7.00. The highest BCUT2D eigenvalue weighted by Gasteiger charge is 2.37. The van der Waals surface area contributed by atoms with Crippen LogP contribution in [0.2, 0.25) is 0 Å². The van der Waals surface area contributed by atoms with E-state index in [0.29, 0.717) is 5.41 Å². The van der Waals surface area contributed by atoms with Gasteiger partial charge in [-0.1, -0.05) is 85.5 Å². The molecular weight excluding hydrogens is 659 g/mol. The van der Waals surface area contributed by atoms with E-state index in [1.54, 1.807) is 5.56 Å². The van der Waals surface area contributed by atoms with Crippen LogP contribution in [0.25, 0.3) is 0 Å². The Morgan fingerprint density at radius 1 is 0.904 bits per heavy atom. The maximum Gasteiger partial charge on any atom is 0.115 e. The number of nitrogens with zero attached hydrogens (tertiary/aromatic N) is 3. The quantitative estimate of drug-likeness (QED) is 0.0676. The lowest BCUT2D eigenvalue weighted by Gasteiger charge is -2.50. The van der Waals surface area contributed by atoms with E-state index >= 15 is 0 Å². The summed E-state index contributed by atoms with van der Waals surface area (Å²) in [6, 6.07) is 7.04. The van der Waals surface area contributed by atoms with Crippen molar-refractivity contribution in [2.24, 2.45) is 5.41 Å². The molecule has 0 amide bonds. The predicted octanol–water partition coefficient (Wildman–Crippen LogP) is 10.9. The van der Waals surface area contributed by atoms with Gasteiger partial charge in [0.05, 0.1) is 32.8 Å². The summed E-state index contributed by atoms with van der Waals surface area (Å²) >= 11 is 2.12. The fourth-order valence-electron chi connectivity index (χ4n) is 6.65. The van der Waals surface area contributed by atoms with Crippen LogP contribution in [0.5, 0.6) is 0 Å². The molecular formula is C46H82N3O2S+. The van der Waals surface area contributed by atoms with Crippen molar-refractivity contribution in [1.29, 1.82) is 0 Å². The minimum absolute atomic E-state index is 0.577. The molecule has 0 radical (unpaired) electrons. The van der Waals surface area contributed by atoms with Gasteiger partial charge in [0, 0.05) is 63.6 Å². The average Bonchev–Trinajstić information content (AvgIpc) is 3.41. The monoisotopic (exact) mass is 741 g/mol. The number of terminal acetylenes is 2. The molecule has 5 nitrogen and oxygen atoms in total. The molecule has 4 aliphatic rings. The second-order valence-electron chi connectivity index (χ2n) is 13.0. The average molecular weight is 741 g/mol. The number of ether oxygens (including phenoxy) is 1. The first-order chi connectivity index (χ1) is 25.4. The van der Waals surface area contributed by atoms with Crippen molar-refractivity contribution in [3.05, 3.63) is 59.9 Å². The van der Waals surface area contributed by atoms with Crippen LogP contribution in [-0.4, -0.2) is 93.9 Å². The number of aliphatic hydroxyl groups is 1. The zero-order chi connectivity index (χ0) is 40.3. The zero-order valence-corrected chi connectivity index (χ0v) is 36.6. The zero-order valence-electron chi connectivity index (χ0n) is 35.8. The second kappa shape index (κ2) is 35.4. The van der Waals surface area contributed by atoms with Crippen molar-refractivity contribution in [3.8, 4) is 25.7 Å². The van der Waals surface area contributed by atoms with Gasteiger partial charge in [0.25, 0.3) is 0 Å². The van der Waals surface area contributed by atoms with Crippen molar-refractivity contribution in [2.45, 2.75) is 118 Å². The van der Waals surface area contributed by atoms with Crippen LogP contribution in [-0.2, 0) is 11.2 Å². The molecule has 52 heavy (non-hydrogen) atoms. The highest BCUT2D eigenvalue weighted by molar-refractivity contribution is 7.99. The Bertz CT molecular complexity index is 1070. The lowest BCUT2D eigenvalue weighted by atomic mass is 9.75. The Balaban J connectivity index is -0.000000746. The molecule has 6 heteroatoms. The van der Waals surface area contributed by atoms with E-state index in [0.717, 1.165) is 25.9 Å². The van der Waals surface area contributed by atoms with Gasteiger partial charge in [0.2, 0.25) is 0 Å². The van der Waals surface area contributed by atoms with Gasteiger partial charge in [-0.15, -0.1) is 37.5 Å². The Morgan fingerprint density at radius 3 is 1.94 bits per heavy atom. The predicted molar refractivity (Wildman–Crippen MR) is 236 cm³/mol. The number of fused-ring (bicyclic) bond motifs is 4. The molecule has 1 aromatic rings. The molecule has 0 aromatic heterocycles. The summed E-state index contributed by atoms with van der Waals surface area (Å²) in [7, 11) is 5.27. The summed E-state index contributed by atoms with van der Waals surface area (Å²) in [5.41, 5.74) is 3.49. The van der Waals surface area contributed by atoms with Crippen molar-refractivity contribution in [1.82, 2.24) is 4.90 Å². The molecule has 0 spiro atoms. The van der Waals surface area contributed by atoms with Crippen LogP contribution >= 0.6 is 11.8 Å². The molecule has 3 fully saturated rings. The number of allylic oxidation sites excluding steroid dienone is 5. The van der Waals surface area contributed by atoms with Crippen LogP contribution in [0.3, 0.4) is 0 Å². The molecule has 0 unspecified atom stereocenters. The third kappa shape index (κ3) is 21.2. The summed E-state index contributed by atoms with van der Waals surface area (Å²) in [4.78, 5) is 6.35. The van der Waals surface area contributed by atoms with Gasteiger partial charge < -0.3 is 19.2 Å². The third-order valence-electron chi connectivity index (χ3n) is 9.71. The summed E-state index contributed by atoms with van der Waals surface area (Å²) < 4.78 is 7.18. The van der Waals surface area contributed by atoms with Crippen LogP contribution in [0.1, 0.15) is 112 Å². The molecule has 5 rings (SSSR count). The number of benzene rings is 1. The lowest BCUT2D eigenvalue weighted by Crippen LogP contribution is -2.67. The number of thioether (sulfide) groups is 1. The number of aliphatic hydroxyl groups excluding tert-OH is 1. The lowest BCUT2D eigenvalue weighted by molar-refractivity contribution is -0.941. The molecule has 4 aliphatic heterocycles. The molecule has 4 heterocycles. The largest absolute Gasteiger partial charge is 0.494 e. The van der Waals surface area contributed by atoms with Crippen LogP contribution in [0.15, 0.2) is 59.2 Å². The fourth-order valence-corrected chi connectivity index (χ4v) is 8.06. The van der Waals surface area contributed by atoms with Gasteiger partial charge in [-0.2, -0.15) is 0 Å². The SMILES string of the molecule is C#C.C#C.CC.CC.CCCCC1(CCCC)CCc2cc(N(C)C)ccc2SC1.CO.C\C=C/C=C\C(=C/C)OCCC[N+]12CCN(CC1)CC2. The Kier molecular flexibility index (Phi) is 36.6. The first-order valence-corrected chi connectivity index (χ1v) is 21.1. The van der Waals surface area contributed by atoms with E-state index in [1.807, 2.05) is 71.9 Å². The standard InChI is InChI=1S/C20H33NS.C17H29N2O.2C2H6.2C2H2.CH4O/c1-5-7-12-20(13-8-6-2)14-11-17-15-18(21(3)4)9-10-19(17)22-16-20;1-3-5-6-8-17(4-2)20-16-7-12-19-13-9-18(10-14-19)11-15-19;5*1-2/h9-10,15H,5-8,11-14,16H2,1-4H3;3-6,8H,7,9-16H2,1-2H3;2*1-2H3;2*1-2H;2H,1H3/q;+1;;;;;/b;5-3-,8-6-,17-4+;;;;;. The maximum atomic E-state index is 7.00. The van der Waals surface area contributed by atoms with E-state index in [1.165, 1.54) is 118 Å². The molecule has 0 atom stereocenters. The van der Waals surface area contributed by atoms with Crippen molar-refractivity contribution < 1.29 is 14.3 Å². The molecule has 2 bridgehead atoms. The van der Waals surface area contributed by atoms with Crippen molar-refractivity contribution >= 4 is 17.4 Å². The van der Waals surface area contributed by atoms with Gasteiger partial charge >= 0.3 is 0 Å². The number of aryl methyl sites for hydroxylation is 1. The van der Waals surface area contributed by atoms with E-state index in [-0.39, 0.29) is 0 Å².